The molecule has 1 aliphatic rings. The zero-order valence-corrected chi connectivity index (χ0v) is 12.6. The fraction of sp³-hybridized carbons (Fsp3) is 0.438. The van der Waals surface area contributed by atoms with E-state index in [1.165, 1.54) is 12.8 Å². The molecule has 0 bridgehead atoms. The van der Waals surface area contributed by atoms with E-state index in [1.54, 1.807) is 0 Å². The molecular formula is C16H19N5O. The first-order valence-corrected chi connectivity index (χ1v) is 7.76. The van der Waals surface area contributed by atoms with E-state index in [0.717, 1.165) is 42.0 Å². The van der Waals surface area contributed by atoms with E-state index in [0.29, 0.717) is 11.7 Å². The summed E-state index contributed by atoms with van der Waals surface area (Å²) in [7, 11) is 1.91. The van der Waals surface area contributed by atoms with Crippen molar-refractivity contribution in [2.75, 3.05) is 13.1 Å². The molecule has 114 valence electrons. The molecule has 0 aliphatic carbocycles. The SMILES string of the molecule is Cn1nc2ccccc2c1-c1noc(CC2CCNCC2)n1. The van der Waals surface area contributed by atoms with Crippen molar-refractivity contribution in [1.29, 1.82) is 0 Å². The van der Waals surface area contributed by atoms with Crippen LogP contribution in [-0.4, -0.2) is 33.0 Å². The molecule has 0 saturated carbocycles. The highest BCUT2D eigenvalue weighted by Gasteiger charge is 2.20. The van der Waals surface area contributed by atoms with Crippen molar-refractivity contribution in [3.05, 3.63) is 30.2 Å². The third kappa shape index (κ3) is 2.39. The van der Waals surface area contributed by atoms with Gasteiger partial charge in [-0.25, -0.2) is 0 Å². The summed E-state index contributed by atoms with van der Waals surface area (Å²) in [6.45, 7) is 2.16. The largest absolute Gasteiger partial charge is 0.339 e. The van der Waals surface area contributed by atoms with Crippen molar-refractivity contribution in [3.8, 4) is 11.5 Å². The molecule has 4 rings (SSSR count). The molecule has 1 N–H and O–H groups in total. The molecule has 2 aromatic heterocycles. The third-order valence-electron chi connectivity index (χ3n) is 4.34. The Hall–Kier alpha value is -2.21. The molecule has 1 aromatic carbocycles. The minimum absolute atomic E-state index is 0.625. The lowest BCUT2D eigenvalue weighted by atomic mass is 9.95. The van der Waals surface area contributed by atoms with Gasteiger partial charge in [0.25, 0.3) is 0 Å². The van der Waals surface area contributed by atoms with Crippen LogP contribution in [0.15, 0.2) is 28.8 Å². The molecule has 0 radical (unpaired) electrons. The second-order valence-corrected chi connectivity index (χ2v) is 5.90. The minimum Gasteiger partial charge on any atom is -0.339 e. The maximum Gasteiger partial charge on any atom is 0.227 e. The maximum atomic E-state index is 5.47. The van der Waals surface area contributed by atoms with Crippen LogP contribution in [0.4, 0.5) is 0 Å². The highest BCUT2D eigenvalue weighted by molar-refractivity contribution is 5.91. The number of nitrogens with one attached hydrogen (secondary N) is 1. The number of rotatable bonds is 3. The van der Waals surface area contributed by atoms with Gasteiger partial charge in [0.1, 0.15) is 5.69 Å². The van der Waals surface area contributed by atoms with Crippen molar-refractivity contribution in [1.82, 2.24) is 25.2 Å². The zero-order chi connectivity index (χ0) is 14.9. The van der Waals surface area contributed by atoms with E-state index in [-0.39, 0.29) is 0 Å². The summed E-state index contributed by atoms with van der Waals surface area (Å²) in [6, 6.07) is 8.02. The molecule has 0 amide bonds. The fourth-order valence-corrected chi connectivity index (χ4v) is 3.18. The Morgan fingerprint density at radius 3 is 2.95 bits per heavy atom. The summed E-state index contributed by atoms with van der Waals surface area (Å²) in [4.78, 5) is 4.60. The van der Waals surface area contributed by atoms with E-state index < -0.39 is 0 Å². The monoisotopic (exact) mass is 297 g/mol. The van der Waals surface area contributed by atoms with Gasteiger partial charge in [-0.3, -0.25) is 4.68 Å². The lowest BCUT2D eigenvalue weighted by molar-refractivity contribution is 0.313. The van der Waals surface area contributed by atoms with Crippen LogP contribution in [0.5, 0.6) is 0 Å². The summed E-state index contributed by atoms with van der Waals surface area (Å²) in [5.74, 6) is 1.99. The Bertz CT molecular complexity index is 785. The zero-order valence-electron chi connectivity index (χ0n) is 12.6. The molecule has 1 aliphatic heterocycles. The summed E-state index contributed by atoms with van der Waals surface area (Å²) in [5.41, 5.74) is 1.86. The Morgan fingerprint density at radius 2 is 2.09 bits per heavy atom. The number of piperidine rings is 1. The number of benzene rings is 1. The maximum absolute atomic E-state index is 5.47. The molecule has 0 spiro atoms. The van der Waals surface area contributed by atoms with Crippen molar-refractivity contribution < 1.29 is 4.52 Å². The summed E-state index contributed by atoms with van der Waals surface area (Å²) >= 11 is 0. The fourth-order valence-electron chi connectivity index (χ4n) is 3.18. The molecule has 6 heteroatoms. The number of nitrogens with zero attached hydrogens (tertiary/aromatic N) is 4. The smallest absolute Gasteiger partial charge is 0.227 e. The van der Waals surface area contributed by atoms with Crippen LogP contribution in [0.3, 0.4) is 0 Å². The molecule has 6 nitrogen and oxygen atoms in total. The van der Waals surface area contributed by atoms with Gasteiger partial charge in [-0.1, -0.05) is 23.4 Å². The lowest BCUT2D eigenvalue weighted by Gasteiger charge is -2.20. The van der Waals surface area contributed by atoms with Gasteiger partial charge in [0, 0.05) is 18.9 Å². The number of hydrogen-bond acceptors (Lipinski definition) is 5. The molecule has 1 fully saturated rings. The van der Waals surface area contributed by atoms with E-state index in [9.17, 15) is 0 Å². The standard InChI is InChI=1S/C16H19N5O/c1-21-15(12-4-2-3-5-13(12)19-21)16-18-14(22-20-16)10-11-6-8-17-9-7-11/h2-5,11,17H,6-10H2,1H3. The van der Waals surface area contributed by atoms with Gasteiger partial charge in [-0.15, -0.1) is 0 Å². The molecule has 3 aromatic rings. The van der Waals surface area contributed by atoms with Gasteiger partial charge >= 0.3 is 0 Å². The van der Waals surface area contributed by atoms with Crippen LogP contribution in [0, 0.1) is 5.92 Å². The van der Waals surface area contributed by atoms with Gasteiger partial charge in [0.2, 0.25) is 11.7 Å². The second-order valence-electron chi connectivity index (χ2n) is 5.90. The van der Waals surface area contributed by atoms with E-state index in [4.69, 9.17) is 4.52 Å². The average Bonchev–Trinajstić information content (AvgIpc) is 3.11. The lowest BCUT2D eigenvalue weighted by Crippen LogP contribution is -2.28. The van der Waals surface area contributed by atoms with Gasteiger partial charge in [-0.2, -0.15) is 10.1 Å². The first kappa shape index (κ1) is 13.5. The van der Waals surface area contributed by atoms with Crippen LogP contribution in [0.25, 0.3) is 22.4 Å². The van der Waals surface area contributed by atoms with Gasteiger partial charge in [0.05, 0.1) is 5.52 Å². The van der Waals surface area contributed by atoms with E-state index in [1.807, 2.05) is 36.0 Å². The average molecular weight is 297 g/mol. The number of aromatic nitrogens is 4. The van der Waals surface area contributed by atoms with Crippen LogP contribution in [0.1, 0.15) is 18.7 Å². The van der Waals surface area contributed by atoms with Crippen molar-refractivity contribution in [3.63, 3.8) is 0 Å². The Labute approximate surface area is 128 Å². The van der Waals surface area contributed by atoms with Crippen LogP contribution >= 0.6 is 0 Å². The first-order valence-electron chi connectivity index (χ1n) is 7.76. The molecule has 0 atom stereocenters. The minimum atomic E-state index is 0.625. The molecule has 0 unspecified atom stereocenters. The number of fused-ring (bicyclic) bond motifs is 1. The quantitative estimate of drug-likeness (QED) is 0.802. The van der Waals surface area contributed by atoms with Crippen molar-refractivity contribution in [2.45, 2.75) is 19.3 Å². The topological polar surface area (TPSA) is 68.8 Å². The van der Waals surface area contributed by atoms with E-state index in [2.05, 4.69) is 20.6 Å². The molecule has 3 heterocycles. The van der Waals surface area contributed by atoms with E-state index >= 15 is 0 Å². The first-order chi connectivity index (χ1) is 10.8. The molecule has 22 heavy (non-hydrogen) atoms. The summed E-state index contributed by atoms with van der Waals surface area (Å²) in [6.07, 6.45) is 3.21. The Balaban J connectivity index is 1.64. The Kier molecular flexibility index (Phi) is 3.38. The molecular weight excluding hydrogens is 278 g/mol. The highest BCUT2D eigenvalue weighted by atomic mass is 16.5. The number of aryl methyl sites for hydroxylation is 1. The summed E-state index contributed by atoms with van der Waals surface area (Å²) in [5, 5.41) is 13.1. The highest BCUT2D eigenvalue weighted by Crippen LogP contribution is 2.26. The normalized spacial score (nSPS) is 16.4. The number of hydrogen-bond donors (Lipinski definition) is 1. The second kappa shape index (κ2) is 5.53. The van der Waals surface area contributed by atoms with Crippen LogP contribution in [-0.2, 0) is 13.5 Å². The van der Waals surface area contributed by atoms with Crippen molar-refractivity contribution >= 4 is 10.9 Å². The Morgan fingerprint density at radius 1 is 1.27 bits per heavy atom. The van der Waals surface area contributed by atoms with Crippen molar-refractivity contribution in [2.24, 2.45) is 13.0 Å². The molecule has 1 saturated heterocycles. The summed E-state index contributed by atoms with van der Waals surface area (Å²) < 4.78 is 7.30. The van der Waals surface area contributed by atoms with Gasteiger partial charge in [0.15, 0.2) is 0 Å². The van der Waals surface area contributed by atoms with Gasteiger partial charge in [-0.05, 0) is 37.9 Å². The predicted molar refractivity (Wildman–Crippen MR) is 83.3 cm³/mol. The predicted octanol–water partition coefficient (Wildman–Crippen LogP) is 2.17. The third-order valence-corrected chi connectivity index (χ3v) is 4.34. The van der Waals surface area contributed by atoms with Gasteiger partial charge < -0.3 is 9.84 Å². The van der Waals surface area contributed by atoms with Crippen LogP contribution < -0.4 is 5.32 Å². The van der Waals surface area contributed by atoms with Crippen LogP contribution in [0.2, 0.25) is 0 Å².